The second-order valence-corrected chi connectivity index (χ2v) is 6.54. The summed E-state index contributed by atoms with van der Waals surface area (Å²) in [4.78, 5) is 13.5. The lowest BCUT2D eigenvalue weighted by Crippen LogP contribution is -2.01. The van der Waals surface area contributed by atoms with Gasteiger partial charge in [-0.15, -0.1) is 23.7 Å². The topological polar surface area (TPSA) is 55.6 Å². The molecule has 0 fully saturated rings. The van der Waals surface area contributed by atoms with Crippen molar-refractivity contribution in [2.45, 2.75) is 13.8 Å². The summed E-state index contributed by atoms with van der Waals surface area (Å²) in [6, 6.07) is 13.9. The Labute approximate surface area is 162 Å². The number of thiazole rings is 1. The Morgan fingerprint density at radius 2 is 1.77 bits per heavy atom. The number of nitrogens with one attached hydrogen (secondary N) is 1. The minimum Gasteiger partial charge on any atom is -0.316 e. The van der Waals surface area contributed by atoms with E-state index in [0.29, 0.717) is 0 Å². The highest BCUT2D eigenvalue weighted by molar-refractivity contribution is 7.14. The van der Waals surface area contributed by atoms with Gasteiger partial charge in [-0.3, -0.25) is 0 Å². The van der Waals surface area contributed by atoms with Crippen molar-refractivity contribution in [1.82, 2.24) is 19.5 Å². The van der Waals surface area contributed by atoms with E-state index in [1.54, 1.807) is 17.5 Å². The quantitative estimate of drug-likeness (QED) is 0.528. The third kappa shape index (κ3) is 3.47. The molecule has 26 heavy (non-hydrogen) atoms. The molecule has 0 saturated carbocycles. The van der Waals surface area contributed by atoms with Crippen LogP contribution in [0.15, 0.2) is 60.2 Å². The zero-order valence-electron chi connectivity index (χ0n) is 14.4. The zero-order valence-corrected chi connectivity index (χ0v) is 16.0. The van der Waals surface area contributed by atoms with Crippen molar-refractivity contribution in [2.75, 3.05) is 5.32 Å². The standard InChI is InChI=1S/C19H17N5S.ClH/c1-13-11-15(14(2)24(13)18-8-4-6-10-21-18)16-12-25-19(22-16)23-17-7-3-5-9-20-17;/h3-12H,1-2H3,(H,20,22,23);1H. The van der Waals surface area contributed by atoms with Crippen LogP contribution in [-0.2, 0) is 0 Å². The van der Waals surface area contributed by atoms with E-state index in [1.807, 2.05) is 42.6 Å². The Morgan fingerprint density at radius 1 is 1.00 bits per heavy atom. The molecule has 0 aliphatic carbocycles. The molecule has 4 aromatic rings. The highest BCUT2D eigenvalue weighted by Gasteiger charge is 2.15. The van der Waals surface area contributed by atoms with Gasteiger partial charge in [0.2, 0.25) is 0 Å². The molecule has 0 saturated heterocycles. The van der Waals surface area contributed by atoms with Gasteiger partial charge in [0.25, 0.3) is 0 Å². The largest absolute Gasteiger partial charge is 0.316 e. The second kappa shape index (κ2) is 7.68. The van der Waals surface area contributed by atoms with Gasteiger partial charge in [0, 0.05) is 34.7 Å². The first kappa shape index (κ1) is 18.1. The average Bonchev–Trinajstić information content (AvgIpc) is 3.21. The summed E-state index contributed by atoms with van der Waals surface area (Å²) in [6.07, 6.45) is 3.57. The first-order valence-corrected chi connectivity index (χ1v) is 8.84. The molecule has 0 atom stereocenters. The molecule has 7 heteroatoms. The Hall–Kier alpha value is -2.70. The van der Waals surface area contributed by atoms with Gasteiger partial charge in [-0.1, -0.05) is 12.1 Å². The van der Waals surface area contributed by atoms with E-state index in [1.165, 1.54) is 0 Å². The molecule has 0 radical (unpaired) electrons. The molecule has 0 spiro atoms. The van der Waals surface area contributed by atoms with E-state index in [-0.39, 0.29) is 12.4 Å². The van der Waals surface area contributed by atoms with Crippen LogP contribution in [0.4, 0.5) is 10.9 Å². The van der Waals surface area contributed by atoms with Crippen LogP contribution in [0.2, 0.25) is 0 Å². The molecule has 0 amide bonds. The van der Waals surface area contributed by atoms with Gasteiger partial charge in [0.1, 0.15) is 11.6 Å². The fourth-order valence-electron chi connectivity index (χ4n) is 2.86. The summed E-state index contributed by atoms with van der Waals surface area (Å²) >= 11 is 1.57. The van der Waals surface area contributed by atoms with Crippen LogP contribution in [0.25, 0.3) is 17.1 Å². The van der Waals surface area contributed by atoms with E-state index in [4.69, 9.17) is 4.98 Å². The maximum Gasteiger partial charge on any atom is 0.188 e. The molecule has 5 nitrogen and oxygen atoms in total. The van der Waals surface area contributed by atoms with Crippen molar-refractivity contribution in [2.24, 2.45) is 0 Å². The summed E-state index contributed by atoms with van der Waals surface area (Å²) in [5.74, 6) is 1.72. The number of halogens is 1. The molecule has 0 bridgehead atoms. The highest BCUT2D eigenvalue weighted by atomic mass is 35.5. The van der Waals surface area contributed by atoms with Gasteiger partial charge >= 0.3 is 0 Å². The van der Waals surface area contributed by atoms with Crippen molar-refractivity contribution in [3.8, 4) is 17.1 Å². The number of anilines is 2. The van der Waals surface area contributed by atoms with E-state index in [0.717, 1.165) is 39.4 Å². The molecule has 0 unspecified atom stereocenters. The summed E-state index contributed by atoms with van der Waals surface area (Å²) in [7, 11) is 0. The molecule has 4 rings (SSSR count). The van der Waals surface area contributed by atoms with E-state index in [2.05, 4.69) is 45.1 Å². The predicted molar refractivity (Wildman–Crippen MR) is 109 cm³/mol. The molecule has 0 aliphatic heterocycles. The molecule has 1 N–H and O–H groups in total. The fraction of sp³-hybridized carbons (Fsp3) is 0.105. The number of nitrogens with zero attached hydrogens (tertiary/aromatic N) is 4. The first-order chi connectivity index (χ1) is 12.2. The minimum atomic E-state index is 0. The fourth-order valence-corrected chi connectivity index (χ4v) is 3.58. The number of aromatic nitrogens is 4. The third-order valence-corrected chi connectivity index (χ3v) is 4.75. The molecule has 4 aromatic heterocycles. The molecular formula is C19H18ClN5S. The van der Waals surface area contributed by atoms with Crippen LogP contribution < -0.4 is 5.32 Å². The van der Waals surface area contributed by atoms with Gasteiger partial charge in [-0.05, 0) is 44.2 Å². The van der Waals surface area contributed by atoms with Gasteiger partial charge in [0.15, 0.2) is 5.13 Å². The lowest BCUT2D eigenvalue weighted by Gasteiger charge is -2.08. The molecule has 0 aliphatic rings. The SMILES string of the molecule is Cc1cc(-c2csc(Nc3ccccn3)n2)c(C)n1-c1ccccn1.Cl. The summed E-state index contributed by atoms with van der Waals surface area (Å²) in [6.45, 7) is 4.19. The second-order valence-electron chi connectivity index (χ2n) is 5.69. The Balaban J connectivity index is 0.00000196. The highest BCUT2D eigenvalue weighted by Crippen LogP contribution is 2.31. The third-order valence-electron chi connectivity index (χ3n) is 3.99. The minimum absolute atomic E-state index is 0. The summed E-state index contributed by atoms with van der Waals surface area (Å²) < 4.78 is 2.15. The van der Waals surface area contributed by atoms with Crippen LogP contribution in [0.1, 0.15) is 11.4 Å². The molecular weight excluding hydrogens is 366 g/mol. The lowest BCUT2D eigenvalue weighted by molar-refractivity contribution is 0.923. The summed E-state index contributed by atoms with van der Waals surface area (Å²) in [5, 5.41) is 6.14. The maximum absolute atomic E-state index is 4.72. The Kier molecular flexibility index (Phi) is 5.35. The van der Waals surface area contributed by atoms with Crippen molar-refractivity contribution in [3.63, 3.8) is 0 Å². The van der Waals surface area contributed by atoms with Crippen LogP contribution in [0.5, 0.6) is 0 Å². The van der Waals surface area contributed by atoms with Gasteiger partial charge < -0.3 is 9.88 Å². The smallest absolute Gasteiger partial charge is 0.188 e. The molecule has 4 heterocycles. The number of hydrogen-bond donors (Lipinski definition) is 1. The van der Waals surface area contributed by atoms with Crippen molar-refractivity contribution in [1.29, 1.82) is 0 Å². The van der Waals surface area contributed by atoms with Gasteiger partial charge in [-0.25, -0.2) is 15.0 Å². The van der Waals surface area contributed by atoms with Crippen molar-refractivity contribution < 1.29 is 0 Å². The van der Waals surface area contributed by atoms with Gasteiger partial charge in [-0.2, -0.15) is 0 Å². The normalized spacial score (nSPS) is 10.4. The van der Waals surface area contributed by atoms with E-state index < -0.39 is 0 Å². The van der Waals surface area contributed by atoms with Crippen LogP contribution in [-0.4, -0.2) is 19.5 Å². The Bertz CT molecular complexity index is 995. The van der Waals surface area contributed by atoms with Crippen molar-refractivity contribution in [3.05, 3.63) is 71.6 Å². The number of pyridine rings is 2. The molecule has 0 aromatic carbocycles. The van der Waals surface area contributed by atoms with Crippen molar-refractivity contribution >= 4 is 34.7 Å². The van der Waals surface area contributed by atoms with Crippen LogP contribution in [0.3, 0.4) is 0 Å². The lowest BCUT2D eigenvalue weighted by atomic mass is 10.2. The number of aryl methyl sites for hydroxylation is 1. The van der Waals surface area contributed by atoms with Gasteiger partial charge in [0.05, 0.1) is 5.69 Å². The molecule has 132 valence electrons. The van der Waals surface area contributed by atoms with Crippen LogP contribution in [0, 0.1) is 13.8 Å². The maximum atomic E-state index is 4.72. The monoisotopic (exact) mass is 383 g/mol. The summed E-state index contributed by atoms with van der Waals surface area (Å²) in [5.41, 5.74) is 4.34. The average molecular weight is 384 g/mol. The number of hydrogen-bond acceptors (Lipinski definition) is 5. The predicted octanol–water partition coefficient (Wildman–Crippen LogP) is 5.17. The Morgan fingerprint density at radius 3 is 2.46 bits per heavy atom. The first-order valence-electron chi connectivity index (χ1n) is 7.96. The zero-order chi connectivity index (χ0) is 17.2. The van der Waals surface area contributed by atoms with E-state index >= 15 is 0 Å². The van der Waals surface area contributed by atoms with Crippen LogP contribution >= 0.6 is 23.7 Å². The van der Waals surface area contributed by atoms with E-state index in [9.17, 15) is 0 Å². The number of rotatable bonds is 4.